The van der Waals surface area contributed by atoms with Gasteiger partial charge in [0.25, 0.3) is 0 Å². The normalized spacial score (nSPS) is 12.5. The summed E-state index contributed by atoms with van der Waals surface area (Å²) in [6, 6.07) is 5.23. The number of guanidine groups is 1. The number of hydrogen-bond acceptors (Lipinski definition) is 3. The van der Waals surface area contributed by atoms with Crippen molar-refractivity contribution < 1.29 is 17.9 Å². The molecule has 1 aromatic rings. The molecule has 5 nitrogen and oxygen atoms in total. The Kier molecular flexibility index (Phi) is 9.30. The molecular formula is C17H27F3N4O. The zero-order valence-electron chi connectivity index (χ0n) is 15.0. The van der Waals surface area contributed by atoms with Crippen molar-refractivity contribution in [3.8, 4) is 0 Å². The molecule has 0 aliphatic rings. The maximum absolute atomic E-state index is 12.7. The minimum absolute atomic E-state index is 0.179. The van der Waals surface area contributed by atoms with Gasteiger partial charge < -0.3 is 20.3 Å². The lowest BCUT2D eigenvalue weighted by Crippen LogP contribution is -2.41. The zero-order valence-corrected chi connectivity index (χ0v) is 15.0. The molecule has 0 amide bonds. The summed E-state index contributed by atoms with van der Waals surface area (Å²) in [5.41, 5.74) is -0.137. The average molecular weight is 360 g/mol. The molecule has 1 aromatic carbocycles. The van der Waals surface area contributed by atoms with E-state index in [9.17, 15) is 13.2 Å². The lowest BCUT2D eigenvalue weighted by atomic mass is 10.1. The van der Waals surface area contributed by atoms with Gasteiger partial charge in [-0.2, -0.15) is 13.2 Å². The molecule has 2 N–H and O–H groups in total. The van der Waals surface area contributed by atoms with E-state index in [-0.39, 0.29) is 6.54 Å². The number of likely N-dealkylation sites (N-methyl/N-ethyl adjacent to an activating group) is 1. The van der Waals surface area contributed by atoms with E-state index < -0.39 is 11.7 Å². The average Bonchev–Trinajstić information content (AvgIpc) is 2.57. The molecule has 0 saturated carbocycles. The molecule has 0 unspecified atom stereocenters. The van der Waals surface area contributed by atoms with Gasteiger partial charge in [0.15, 0.2) is 5.96 Å². The highest BCUT2D eigenvalue weighted by atomic mass is 19.4. The second-order valence-electron chi connectivity index (χ2n) is 5.62. The third-order valence-electron chi connectivity index (χ3n) is 3.48. The highest BCUT2D eigenvalue weighted by Crippen LogP contribution is 2.29. The van der Waals surface area contributed by atoms with Crippen LogP contribution in [0.2, 0.25) is 0 Å². The van der Waals surface area contributed by atoms with Gasteiger partial charge in [0.1, 0.15) is 0 Å². The number of nitrogens with one attached hydrogen (secondary N) is 2. The second-order valence-corrected chi connectivity index (χ2v) is 5.62. The van der Waals surface area contributed by atoms with Crippen molar-refractivity contribution in [2.75, 3.05) is 46.9 Å². The maximum Gasteiger partial charge on any atom is 0.416 e. The molecule has 0 aliphatic heterocycles. The highest BCUT2D eigenvalue weighted by molar-refractivity contribution is 5.79. The van der Waals surface area contributed by atoms with Crippen LogP contribution in [-0.2, 0) is 17.5 Å². The number of aliphatic imine (C=N–C) groups is 1. The van der Waals surface area contributed by atoms with Crippen LogP contribution in [0.1, 0.15) is 18.1 Å². The predicted octanol–water partition coefficient (Wildman–Crippen LogP) is 2.34. The first-order valence-corrected chi connectivity index (χ1v) is 8.22. The van der Waals surface area contributed by atoms with Gasteiger partial charge in [-0.25, -0.2) is 4.99 Å². The van der Waals surface area contributed by atoms with Crippen molar-refractivity contribution >= 4 is 5.96 Å². The Morgan fingerprint density at radius 1 is 1.24 bits per heavy atom. The van der Waals surface area contributed by atoms with E-state index in [4.69, 9.17) is 4.74 Å². The van der Waals surface area contributed by atoms with Crippen LogP contribution in [0.4, 0.5) is 13.2 Å². The molecule has 0 bridgehead atoms. The molecule has 8 heteroatoms. The van der Waals surface area contributed by atoms with Crippen LogP contribution >= 0.6 is 0 Å². The predicted molar refractivity (Wildman–Crippen MR) is 93.6 cm³/mol. The van der Waals surface area contributed by atoms with Crippen LogP contribution < -0.4 is 10.6 Å². The third-order valence-corrected chi connectivity index (χ3v) is 3.48. The largest absolute Gasteiger partial charge is 0.416 e. The van der Waals surface area contributed by atoms with E-state index in [1.165, 1.54) is 6.07 Å². The summed E-state index contributed by atoms with van der Waals surface area (Å²) in [6.07, 6.45) is -4.34. The summed E-state index contributed by atoms with van der Waals surface area (Å²) in [5.74, 6) is 0.583. The van der Waals surface area contributed by atoms with E-state index >= 15 is 0 Å². The number of alkyl halides is 3. The van der Waals surface area contributed by atoms with Gasteiger partial charge in [-0.1, -0.05) is 12.1 Å². The Balaban J connectivity index is 2.58. The van der Waals surface area contributed by atoms with Gasteiger partial charge >= 0.3 is 6.18 Å². The molecule has 0 aromatic heterocycles. The Hall–Kier alpha value is -1.80. The van der Waals surface area contributed by atoms with Gasteiger partial charge in [-0.05, 0) is 31.7 Å². The molecular weight excluding hydrogens is 333 g/mol. The van der Waals surface area contributed by atoms with Gasteiger partial charge in [0.05, 0.1) is 18.7 Å². The van der Waals surface area contributed by atoms with E-state index in [0.29, 0.717) is 31.2 Å². The number of hydrogen-bond donors (Lipinski definition) is 2. The second kappa shape index (κ2) is 10.9. The standard InChI is InChI=1S/C17H27F3N4O/c1-4-21-16(22-8-9-24(2)10-11-25-3)23-13-14-6-5-7-15(12-14)17(18,19)20/h5-7,12H,4,8-11,13H2,1-3H3,(H2,21,22,23). The smallest absolute Gasteiger partial charge is 0.383 e. The molecule has 0 aliphatic carbocycles. The van der Waals surface area contributed by atoms with Crippen molar-refractivity contribution in [1.29, 1.82) is 0 Å². The first kappa shape index (κ1) is 21.2. The highest BCUT2D eigenvalue weighted by Gasteiger charge is 2.30. The van der Waals surface area contributed by atoms with Crippen molar-refractivity contribution in [3.63, 3.8) is 0 Å². The fourth-order valence-corrected chi connectivity index (χ4v) is 2.08. The van der Waals surface area contributed by atoms with Crippen molar-refractivity contribution in [2.45, 2.75) is 19.6 Å². The van der Waals surface area contributed by atoms with Gasteiger partial charge in [-0.15, -0.1) is 0 Å². The third kappa shape index (κ3) is 8.74. The molecule has 0 heterocycles. The summed E-state index contributed by atoms with van der Waals surface area (Å²) in [6.45, 7) is 5.77. The molecule has 0 fully saturated rings. The first-order valence-electron chi connectivity index (χ1n) is 8.22. The minimum Gasteiger partial charge on any atom is -0.383 e. The molecule has 0 spiro atoms. The van der Waals surface area contributed by atoms with Crippen LogP contribution in [0.5, 0.6) is 0 Å². The Morgan fingerprint density at radius 2 is 2.00 bits per heavy atom. The summed E-state index contributed by atoms with van der Waals surface area (Å²) in [5, 5.41) is 6.27. The van der Waals surface area contributed by atoms with E-state index in [1.54, 1.807) is 13.2 Å². The number of nitrogens with zero attached hydrogens (tertiary/aromatic N) is 2. The quantitative estimate of drug-likeness (QED) is 0.524. The fourth-order valence-electron chi connectivity index (χ4n) is 2.08. The van der Waals surface area contributed by atoms with Crippen LogP contribution in [-0.4, -0.2) is 57.8 Å². The lowest BCUT2D eigenvalue weighted by molar-refractivity contribution is -0.137. The maximum atomic E-state index is 12.7. The molecule has 0 atom stereocenters. The number of rotatable bonds is 9. The SMILES string of the molecule is CCNC(=NCc1cccc(C(F)(F)F)c1)NCCN(C)CCOC. The molecule has 142 valence electrons. The Bertz CT molecular complexity index is 535. The number of ether oxygens (including phenoxy) is 1. The topological polar surface area (TPSA) is 48.9 Å². The van der Waals surface area contributed by atoms with Crippen LogP contribution in [0, 0.1) is 0 Å². The van der Waals surface area contributed by atoms with Crippen LogP contribution in [0.3, 0.4) is 0 Å². The van der Waals surface area contributed by atoms with Gasteiger partial charge in [0.2, 0.25) is 0 Å². The molecule has 1 rings (SSSR count). The molecule has 0 radical (unpaired) electrons. The summed E-state index contributed by atoms with van der Waals surface area (Å²) in [7, 11) is 3.66. The molecule has 0 saturated heterocycles. The summed E-state index contributed by atoms with van der Waals surface area (Å²) in [4.78, 5) is 6.47. The Labute approximate surface area is 147 Å². The van der Waals surface area contributed by atoms with E-state index in [2.05, 4.69) is 20.5 Å². The lowest BCUT2D eigenvalue weighted by Gasteiger charge is -2.17. The monoisotopic (exact) mass is 360 g/mol. The van der Waals surface area contributed by atoms with E-state index in [0.717, 1.165) is 25.2 Å². The number of halogens is 3. The molecule has 25 heavy (non-hydrogen) atoms. The summed E-state index contributed by atoms with van der Waals surface area (Å²) >= 11 is 0. The fraction of sp³-hybridized carbons (Fsp3) is 0.588. The van der Waals surface area contributed by atoms with Gasteiger partial charge in [-0.3, -0.25) is 0 Å². The van der Waals surface area contributed by atoms with Crippen LogP contribution in [0.25, 0.3) is 0 Å². The van der Waals surface area contributed by atoms with Crippen molar-refractivity contribution in [3.05, 3.63) is 35.4 Å². The Morgan fingerprint density at radius 3 is 2.64 bits per heavy atom. The summed E-state index contributed by atoms with van der Waals surface area (Å²) < 4.78 is 43.3. The van der Waals surface area contributed by atoms with Gasteiger partial charge in [0, 0.05) is 33.3 Å². The van der Waals surface area contributed by atoms with Crippen molar-refractivity contribution in [2.24, 2.45) is 4.99 Å². The van der Waals surface area contributed by atoms with Crippen LogP contribution in [0.15, 0.2) is 29.3 Å². The minimum atomic E-state index is -4.34. The number of benzene rings is 1. The zero-order chi connectivity index (χ0) is 18.7. The van der Waals surface area contributed by atoms with E-state index in [1.807, 2.05) is 14.0 Å². The number of methoxy groups -OCH3 is 1. The van der Waals surface area contributed by atoms with Crippen molar-refractivity contribution in [1.82, 2.24) is 15.5 Å². The first-order chi connectivity index (χ1) is 11.9.